The third-order valence-corrected chi connectivity index (χ3v) is 4.10. The molecule has 2 rings (SSSR count). The Hall–Kier alpha value is -1.84. The van der Waals surface area contributed by atoms with Crippen molar-refractivity contribution < 1.29 is 14.3 Å². The van der Waals surface area contributed by atoms with Crippen LogP contribution in [-0.4, -0.2) is 28.5 Å². The molecule has 0 bridgehead atoms. The lowest BCUT2D eigenvalue weighted by atomic mass is 9.88. The zero-order valence-electron chi connectivity index (χ0n) is 13.8. The molecule has 0 saturated carbocycles. The maximum Gasteiger partial charge on any atom is 0.417 e. The Kier molecular flexibility index (Phi) is 4.89. The number of cyclic esters (lactones) is 1. The summed E-state index contributed by atoms with van der Waals surface area (Å²) in [5.74, 6) is 0.0656. The van der Waals surface area contributed by atoms with Crippen LogP contribution in [0.25, 0.3) is 0 Å². The summed E-state index contributed by atoms with van der Waals surface area (Å²) in [6, 6.07) is 9.74. The molecule has 4 nitrogen and oxygen atoms in total. The smallest absolute Gasteiger partial charge is 0.417 e. The molecule has 1 aromatic carbocycles. The largest absolute Gasteiger partial charge is 0.443 e. The van der Waals surface area contributed by atoms with E-state index in [2.05, 4.69) is 0 Å². The monoisotopic (exact) mass is 303 g/mol. The number of rotatable bonds is 4. The molecule has 0 unspecified atom stereocenters. The Morgan fingerprint density at radius 1 is 1.32 bits per heavy atom. The zero-order chi connectivity index (χ0) is 16.3. The standard InChI is InChI=1S/C18H25NO3/c1-13(2)15-12-18(3,4)22-17(21)19(15)16(20)11-10-14-8-6-5-7-9-14/h5-9,13,15H,10-12H2,1-4H3/t15-/m1/s1. The average Bonchev–Trinajstić information content (AvgIpc) is 2.44. The van der Waals surface area contributed by atoms with Gasteiger partial charge in [-0.1, -0.05) is 44.2 Å². The summed E-state index contributed by atoms with van der Waals surface area (Å²) in [6.45, 7) is 7.87. The number of benzene rings is 1. The summed E-state index contributed by atoms with van der Waals surface area (Å²) in [5.41, 5.74) is 0.588. The van der Waals surface area contributed by atoms with Crippen molar-refractivity contribution in [3.05, 3.63) is 35.9 Å². The molecule has 0 spiro atoms. The minimum Gasteiger partial charge on any atom is -0.443 e. The molecule has 4 heteroatoms. The van der Waals surface area contributed by atoms with Crippen LogP contribution < -0.4 is 0 Å². The molecular formula is C18H25NO3. The van der Waals surface area contributed by atoms with Crippen LogP contribution in [0.4, 0.5) is 4.79 Å². The van der Waals surface area contributed by atoms with Crippen molar-refractivity contribution in [1.82, 2.24) is 4.90 Å². The quantitative estimate of drug-likeness (QED) is 0.850. The van der Waals surface area contributed by atoms with Gasteiger partial charge >= 0.3 is 6.09 Å². The predicted molar refractivity (Wildman–Crippen MR) is 85.4 cm³/mol. The van der Waals surface area contributed by atoms with Gasteiger partial charge in [0.1, 0.15) is 5.60 Å². The number of carbonyl (C=O) groups is 2. The lowest BCUT2D eigenvalue weighted by molar-refractivity contribution is -0.140. The third-order valence-electron chi connectivity index (χ3n) is 4.10. The number of hydrogen-bond acceptors (Lipinski definition) is 3. The summed E-state index contributed by atoms with van der Waals surface area (Å²) in [5, 5.41) is 0. The van der Waals surface area contributed by atoms with E-state index in [1.807, 2.05) is 58.0 Å². The second kappa shape index (κ2) is 6.51. The fourth-order valence-corrected chi connectivity index (χ4v) is 2.89. The Balaban J connectivity index is 2.07. The van der Waals surface area contributed by atoms with Crippen LogP contribution >= 0.6 is 0 Å². The number of imide groups is 1. The first-order chi connectivity index (χ1) is 10.3. The van der Waals surface area contributed by atoms with Crippen LogP contribution in [0.1, 0.15) is 46.1 Å². The molecule has 2 amide bonds. The van der Waals surface area contributed by atoms with Gasteiger partial charge in [-0.15, -0.1) is 0 Å². The van der Waals surface area contributed by atoms with E-state index in [1.54, 1.807) is 0 Å². The lowest BCUT2D eigenvalue weighted by Gasteiger charge is -2.43. The Bertz CT molecular complexity index is 537. The number of aryl methyl sites for hydroxylation is 1. The van der Waals surface area contributed by atoms with Crippen LogP contribution in [0.15, 0.2) is 30.3 Å². The van der Waals surface area contributed by atoms with Crippen molar-refractivity contribution in [2.45, 2.75) is 58.6 Å². The first-order valence-corrected chi connectivity index (χ1v) is 7.89. The van der Waals surface area contributed by atoms with Gasteiger partial charge in [-0.05, 0) is 31.7 Å². The highest BCUT2D eigenvalue weighted by Crippen LogP contribution is 2.31. The van der Waals surface area contributed by atoms with Gasteiger partial charge in [-0.3, -0.25) is 4.79 Å². The minimum atomic E-state index is -0.512. The van der Waals surface area contributed by atoms with E-state index in [0.29, 0.717) is 19.3 Å². The van der Waals surface area contributed by atoms with E-state index in [0.717, 1.165) is 5.56 Å². The van der Waals surface area contributed by atoms with Gasteiger partial charge < -0.3 is 4.74 Å². The van der Waals surface area contributed by atoms with Gasteiger partial charge in [0.25, 0.3) is 0 Å². The predicted octanol–water partition coefficient (Wildman–Crippen LogP) is 3.79. The Morgan fingerprint density at radius 3 is 2.55 bits per heavy atom. The summed E-state index contributed by atoms with van der Waals surface area (Å²) in [7, 11) is 0. The summed E-state index contributed by atoms with van der Waals surface area (Å²) in [4.78, 5) is 26.1. The number of amides is 2. The van der Waals surface area contributed by atoms with Gasteiger partial charge in [-0.25, -0.2) is 9.69 Å². The van der Waals surface area contributed by atoms with Crippen LogP contribution in [0.3, 0.4) is 0 Å². The van der Waals surface area contributed by atoms with Crippen molar-refractivity contribution in [3.63, 3.8) is 0 Å². The molecule has 22 heavy (non-hydrogen) atoms. The average molecular weight is 303 g/mol. The Morgan fingerprint density at radius 2 is 1.95 bits per heavy atom. The zero-order valence-corrected chi connectivity index (χ0v) is 13.8. The molecule has 0 aromatic heterocycles. The minimum absolute atomic E-state index is 0.0977. The van der Waals surface area contributed by atoms with E-state index < -0.39 is 11.7 Å². The number of nitrogens with zero attached hydrogens (tertiary/aromatic N) is 1. The summed E-state index contributed by atoms with van der Waals surface area (Å²) >= 11 is 0. The molecule has 1 fully saturated rings. The maximum absolute atomic E-state index is 12.5. The highest BCUT2D eigenvalue weighted by molar-refractivity contribution is 5.93. The molecule has 1 aromatic rings. The molecular weight excluding hydrogens is 278 g/mol. The first-order valence-electron chi connectivity index (χ1n) is 7.89. The van der Waals surface area contributed by atoms with Gasteiger partial charge in [0.2, 0.25) is 5.91 Å². The van der Waals surface area contributed by atoms with Crippen molar-refractivity contribution in [3.8, 4) is 0 Å². The normalized spacial score (nSPS) is 20.9. The van der Waals surface area contributed by atoms with Crippen LogP contribution in [0.2, 0.25) is 0 Å². The van der Waals surface area contributed by atoms with E-state index >= 15 is 0 Å². The maximum atomic E-state index is 12.5. The fraction of sp³-hybridized carbons (Fsp3) is 0.556. The van der Waals surface area contributed by atoms with Crippen LogP contribution in [0.5, 0.6) is 0 Å². The molecule has 1 heterocycles. The fourth-order valence-electron chi connectivity index (χ4n) is 2.89. The van der Waals surface area contributed by atoms with Crippen LogP contribution in [-0.2, 0) is 16.0 Å². The van der Waals surface area contributed by atoms with Crippen molar-refractivity contribution in [2.75, 3.05) is 0 Å². The van der Waals surface area contributed by atoms with Gasteiger partial charge in [0.15, 0.2) is 0 Å². The van der Waals surface area contributed by atoms with Gasteiger partial charge in [0.05, 0.1) is 0 Å². The second-order valence-corrected chi connectivity index (χ2v) is 6.89. The summed E-state index contributed by atoms with van der Waals surface area (Å²) in [6.07, 6.45) is 1.13. The molecule has 0 aliphatic carbocycles. The molecule has 0 N–H and O–H groups in total. The number of hydrogen-bond donors (Lipinski definition) is 0. The molecule has 120 valence electrons. The van der Waals surface area contributed by atoms with E-state index in [1.165, 1.54) is 4.90 Å². The molecule has 1 aliphatic heterocycles. The number of ether oxygens (including phenoxy) is 1. The Labute approximate surface area is 132 Å². The second-order valence-electron chi connectivity index (χ2n) is 6.89. The first kappa shape index (κ1) is 16.5. The van der Waals surface area contributed by atoms with E-state index in [9.17, 15) is 9.59 Å². The van der Waals surface area contributed by atoms with Crippen LogP contribution in [0, 0.1) is 5.92 Å². The topological polar surface area (TPSA) is 46.6 Å². The molecule has 1 atom stereocenters. The lowest BCUT2D eigenvalue weighted by Crippen LogP contribution is -2.56. The van der Waals surface area contributed by atoms with Crippen molar-refractivity contribution in [1.29, 1.82) is 0 Å². The van der Waals surface area contributed by atoms with Crippen molar-refractivity contribution >= 4 is 12.0 Å². The highest BCUT2D eigenvalue weighted by Gasteiger charge is 2.43. The SMILES string of the molecule is CC(C)[C@H]1CC(C)(C)OC(=O)N1C(=O)CCc1ccccc1. The number of carbonyl (C=O) groups excluding carboxylic acids is 2. The van der Waals surface area contributed by atoms with Crippen molar-refractivity contribution in [2.24, 2.45) is 5.92 Å². The highest BCUT2D eigenvalue weighted by atomic mass is 16.6. The summed E-state index contributed by atoms with van der Waals surface area (Å²) < 4.78 is 5.41. The molecule has 0 radical (unpaired) electrons. The van der Waals surface area contributed by atoms with E-state index in [-0.39, 0.29) is 17.9 Å². The van der Waals surface area contributed by atoms with Gasteiger partial charge in [-0.2, -0.15) is 0 Å². The third kappa shape index (κ3) is 3.87. The van der Waals surface area contributed by atoms with Gasteiger partial charge in [0, 0.05) is 18.9 Å². The molecule has 1 aliphatic rings. The molecule has 1 saturated heterocycles. The van der Waals surface area contributed by atoms with E-state index in [4.69, 9.17) is 4.74 Å².